The van der Waals surface area contributed by atoms with E-state index in [0.29, 0.717) is 30.4 Å². The molecule has 1 N–H and O–H groups in total. The SMILES string of the molecule is CCOC(=O)c1cccc(-c2c(OCc3ccc(-c4ccccc4)c(-c4nn[nH]n4)c3)cc(C)nc2C)c1. The molecule has 0 fully saturated rings. The maximum absolute atomic E-state index is 12.3. The van der Waals surface area contributed by atoms with Crippen LogP contribution in [0, 0.1) is 13.8 Å². The highest BCUT2D eigenvalue weighted by Gasteiger charge is 2.17. The Morgan fingerprint density at radius 3 is 2.47 bits per heavy atom. The third kappa shape index (κ3) is 5.29. The van der Waals surface area contributed by atoms with Gasteiger partial charge in [-0.3, -0.25) is 4.98 Å². The first-order valence-corrected chi connectivity index (χ1v) is 12.3. The van der Waals surface area contributed by atoms with E-state index in [4.69, 9.17) is 9.47 Å². The maximum Gasteiger partial charge on any atom is 0.338 e. The fraction of sp³-hybridized carbons (Fsp3) is 0.167. The average molecular weight is 506 g/mol. The van der Waals surface area contributed by atoms with Crippen molar-refractivity contribution in [2.45, 2.75) is 27.4 Å². The monoisotopic (exact) mass is 505 g/mol. The number of carbonyl (C=O) groups excluding carboxylic acids is 1. The fourth-order valence-corrected chi connectivity index (χ4v) is 4.45. The molecule has 0 aliphatic heterocycles. The van der Waals surface area contributed by atoms with Crippen molar-refractivity contribution in [2.24, 2.45) is 0 Å². The lowest BCUT2D eigenvalue weighted by Gasteiger charge is -2.16. The van der Waals surface area contributed by atoms with Crippen molar-refractivity contribution in [3.8, 4) is 39.4 Å². The van der Waals surface area contributed by atoms with Gasteiger partial charge in [-0.25, -0.2) is 4.79 Å². The van der Waals surface area contributed by atoms with Crippen LogP contribution in [0.3, 0.4) is 0 Å². The summed E-state index contributed by atoms with van der Waals surface area (Å²) in [4.78, 5) is 17.0. The van der Waals surface area contributed by atoms with Crippen LogP contribution in [0.4, 0.5) is 0 Å². The fourth-order valence-electron chi connectivity index (χ4n) is 4.45. The van der Waals surface area contributed by atoms with Crippen LogP contribution in [0.2, 0.25) is 0 Å². The van der Waals surface area contributed by atoms with Gasteiger partial charge in [0.1, 0.15) is 12.4 Å². The molecule has 2 aromatic heterocycles. The second kappa shape index (κ2) is 11.0. The molecule has 38 heavy (non-hydrogen) atoms. The first-order chi connectivity index (χ1) is 18.5. The van der Waals surface area contributed by atoms with Gasteiger partial charge in [-0.05, 0) is 66.4 Å². The molecular formula is C30H27N5O3. The Labute approximate surface area is 220 Å². The van der Waals surface area contributed by atoms with Crippen molar-refractivity contribution in [1.29, 1.82) is 0 Å². The lowest BCUT2D eigenvalue weighted by Crippen LogP contribution is -2.05. The summed E-state index contributed by atoms with van der Waals surface area (Å²) in [6.45, 7) is 6.29. The summed E-state index contributed by atoms with van der Waals surface area (Å²) in [6, 6.07) is 25.4. The zero-order valence-electron chi connectivity index (χ0n) is 21.4. The first kappa shape index (κ1) is 24.8. The zero-order chi connectivity index (χ0) is 26.5. The topological polar surface area (TPSA) is 103 Å². The van der Waals surface area contributed by atoms with Gasteiger partial charge >= 0.3 is 5.97 Å². The molecule has 0 spiro atoms. The first-order valence-electron chi connectivity index (χ1n) is 12.3. The number of aromatic nitrogens is 5. The van der Waals surface area contributed by atoms with Crippen LogP contribution in [0.5, 0.6) is 5.75 Å². The van der Waals surface area contributed by atoms with E-state index in [9.17, 15) is 4.79 Å². The molecule has 5 aromatic rings. The number of H-pyrrole nitrogens is 1. The number of esters is 1. The minimum Gasteiger partial charge on any atom is -0.488 e. The molecule has 0 saturated heterocycles. The minimum absolute atomic E-state index is 0.313. The van der Waals surface area contributed by atoms with Gasteiger partial charge in [0.05, 0.1) is 12.2 Å². The largest absolute Gasteiger partial charge is 0.488 e. The van der Waals surface area contributed by atoms with E-state index in [1.807, 2.05) is 86.6 Å². The molecule has 0 aliphatic carbocycles. The lowest BCUT2D eigenvalue weighted by molar-refractivity contribution is 0.0526. The quantitative estimate of drug-likeness (QED) is 0.259. The summed E-state index contributed by atoms with van der Waals surface area (Å²) in [6.07, 6.45) is 0. The lowest BCUT2D eigenvalue weighted by atomic mass is 9.97. The Morgan fingerprint density at radius 1 is 0.895 bits per heavy atom. The third-order valence-corrected chi connectivity index (χ3v) is 6.10. The number of pyridine rings is 1. The maximum atomic E-state index is 12.3. The second-order valence-electron chi connectivity index (χ2n) is 8.79. The number of rotatable bonds is 8. The van der Waals surface area contributed by atoms with E-state index >= 15 is 0 Å². The smallest absolute Gasteiger partial charge is 0.338 e. The molecule has 0 amide bonds. The van der Waals surface area contributed by atoms with Gasteiger partial charge in [-0.1, -0.05) is 54.6 Å². The third-order valence-electron chi connectivity index (χ3n) is 6.10. The van der Waals surface area contributed by atoms with E-state index in [-0.39, 0.29) is 5.97 Å². The number of aromatic amines is 1. The number of tetrazole rings is 1. The van der Waals surface area contributed by atoms with Crippen molar-refractivity contribution >= 4 is 5.97 Å². The molecule has 0 aliphatic rings. The number of nitrogens with zero attached hydrogens (tertiary/aromatic N) is 4. The van der Waals surface area contributed by atoms with Gasteiger partial charge in [0, 0.05) is 28.6 Å². The van der Waals surface area contributed by atoms with Gasteiger partial charge in [0.2, 0.25) is 5.82 Å². The van der Waals surface area contributed by atoms with E-state index in [1.165, 1.54) is 0 Å². The molecular weight excluding hydrogens is 478 g/mol. The van der Waals surface area contributed by atoms with E-state index in [2.05, 4.69) is 25.6 Å². The average Bonchev–Trinajstić information content (AvgIpc) is 3.47. The second-order valence-corrected chi connectivity index (χ2v) is 8.79. The molecule has 8 nitrogen and oxygen atoms in total. The van der Waals surface area contributed by atoms with Crippen LogP contribution in [-0.4, -0.2) is 38.2 Å². The summed E-state index contributed by atoms with van der Waals surface area (Å²) in [7, 11) is 0. The van der Waals surface area contributed by atoms with Crippen LogP contribution < -0.4 is 4.74 Å². The van der Waals surface area contributed by atoms with Crippen LogP contribution in [0.15, 0.2) is 78.9 Å². The molecule has 8 heteroatoms. The Balaban J connectivity index is 1.48. The molecule has 2 heterocycles. The summed E-state index contributed by atoms with van der Waals surface area (Å²) in [5.41, 5.74) is 7.67. The number of carbonyl (C=O) groups is 1. The van der Waals surface area contributed by atoms with E-state index in [0.717, 1.165) is 44.8 Å². The highest BCUT2D eigenvalue weighted by atomic mass is 16.5. The number of benzene rings is 3. The van der Waals surface area contributed by atoms with Crippen LogP contribution in [0.1, 0.15) is 34.2 Å². The van der Waals surface area contributed by atoms with Gasteiger partial charge < -0.3 is 9.47 Å². The molecule has 5 rings (SSSR count). The predicted molar refractivity (Wildman–Crippen MR) is 144 cm³/mol. The van der Waals surface area contributed by atoms with Gasteiger partial charge in [-0.15, -0.1) is 10.2 Å². The van der Waals surface area contributed by atoms with Crippen LogP contribution in [0.25, 0.3) is 33.6 Å². The summed E-state index contributed by atoms with van der Waals surface area (Å²) in [5.74, 6) is 0.837. The number of ether oxygens (including phenoxy) is 2. The van der Waals surface area contributed by atoms with Crippen molar-refractivity contribution < 1.29 is 14.3 Å². The van der Waals surface area contributed by atoms with Crippen molar-refractivity contribution in [3.05, 3.63) is 101 Å². The van der Waals surface area contributed by atoms with E-state index < -0.39 is 0 Å². The molecule has 0 bridgehead atoms. The molecule has 3 aromatic carbocycles. The Hall–Kier alpha value is -4.85. The molecule has 0 atom stereocenters. The van der Waals surface area contributed by atoms with Crippen molar-refractivity contribution in [3.63, 3.8) is 0 Å². The normalized spacial score (nSPS) is 10.8. The highest BCUT2D eigenvalue weighted by molar-refractivity contribution is 5.91. The summed E-state index contributed by atoms with van der Waals surface area (Å²) in [5, 5.41) is 14.7. The van der Waals surface area contributed by atoms with Crippen LogP contribution >= 0.6 is 0 Å². The minimum atomic E-state index is -0.359. The number of aryl methyl sites for hydroxylation is 2. The van der Waals surface area contributed by atoms with Gasteiger partial charge in [-0.2, -0.15) is 5.21 Å². The summed E-state index contributed by atoms with van der Waals surface area (Å²) < 4.78 is 11.6. The standard InChI is InChI=1S/C30H27N5O3/c1-4-37-30(36)24-12-8-11-23(17-24)28-20(3)31-19(2)15-27(28)38-18-21-13-14-25(22-9-6-5-7-10-22)26(16-21)29-32-34-35-33-29/h5-17H,4,18H2,1-3H3,(H,32,33,34,35). The summed E-state index contributed by atoms with van der Waals surface area (Å²) >= 11 is 0. The van der Waals surface area contributed by atoms with E-state index in [1.54, 1.807) is 13.0 Å². The van der Waals surface area contributed by atoms with Crippen molar-refractivity contribution in [2.75, 3.05) is 6.61 Å². The Kier molecular flexibility index (Phi) is 7.21. The number of hydrogen-bond donors (Lipinski definition) is 1. The van der Waals surface area contributed by atoms with Crippen molar-refractivity contribution in [1.82, 2.24) is 25.6 Å². The molecule has 0 unspecified atom stereocenters. The molecule has 190 valence electrons. The number of nitrogens with one attached hydrogen (secondary N) is 1. The predicted octanol–water partition coefficient (Wildman–Crippen LogP) is 5.97. The zero-order valence-corrected chi connectivity index (χ0v) is 21.4. The van der Waals surface area contributed by atoms with Gasteiger partial charge in [0.15, 0.2) is 0 Å². The molecule has 0 radical (unpaired) electrons. The number of hydrogen-bond acceptors (Lipinski definition) is 7. The highest BCUT2D eigenvalue weighted by Crippen LogP contribution is 2.35. The Bertz CT molecular complexity index is 1570. The van der Waals surface area contributed by atoms with Crippen LogP contribution in [-0.2, 0) is 11.3 Å². The molecule has 0 saturated carbocycles. The van der Waals surface area contributed by atoms with Gasteiger partial charge in [0.25, 0.3) is 0 Å². The Morgan fingerprint density at radius 2 is 1.71 bits per heavy atom.